The van der Waals surface area contributed by atoms with Crippen LogP contribution in [-0.2, 0) is 22.5 Å². The molecule has 2 amide bonds. The normalized spacial score (nSPS) is 18.4. The van der Waals surface area contributed by atoms with E-state index in [1.807, 2.05) is 17.0 Å². The van der Waals surface area contributed by atoms with Gasteiger partial charge < -0.3 is 14.8 Å². The summed E-state index contributed by atoms with van der Waals surface area (Å²) in [6.45, 7) is 4.10. The van der Waals surface area contributed by atoms with E-state index in [9.17, 15) is 14.1 Å². The molecule has 1 fully saturated rings. The van der Waals surface area contributed by atoms with Crippen molar-refractivity contribution in [3.8, 4) is 10.4 Å². The average molecular weight is 404 g/mol. The number of benzene rings is 1. The van der Waals surface area contributed by atoms with Gasteiger partial charge in [-0.3, -0.25) is 9.59 Å². The number of thiazole rings is 1. The third-order valence-corrected chi connectivity index (χ3v) is 7.08. The minimum atomic E-state index is -1.27. The lowest BCUT2D eigenvalue weighted by molar-refractivity contribution is -0.114. The highest BCUT2D eigenvalue weighted by Gasteiger charge is 2.41. The number of nitrogens with zero attached hydrogens (tertiary/aromatic N) is 2. The van der Waals surface area contributed by atoms with Crippen LogP contribution in [0, 0.1) is 5.92 Å². The van der Waals surface area contributed by atoms with Crippen molar-refractivity contribution in [3.05, 3.63) is 29.5 Å². The van der Waals surface area contributed by atoms with Crippen molar-refractivity contribution in [1.29, 1.82) is 0 Å². The van der Waals surface area contributed by atoms with Crippen LogP contribution in [0.25, 0.3) is 10.4 Å². The summed E-state index contributed by atoms with van der Waals surface area (Å²) < 4.78 is 12.4. The molecule has 0 spiro atoms. The van der Waals surface area contributed by atoms with E-state index in [4.69, 9.17) is 0 Å². The average Bonchev–Trinajstić information content (AvgIpc) is 3.28. The fourth-order valence-corrected chi connectivity index (χ4v) is 5.23. The first-order chi connectivity index (χ1) is 12.8. The van der Waals surface area contributed by atoms with Gasteiger partial charge in [-0.05, 0) is 54.1 Å². The van der Waals surface area contributed by atoms with Gasteiger partial charge in [-0.15, -0.1) is 0 Å². The highest BCUT2D eigenvalue weighted by molar-refractivity contribution is 7.90. The molecular formula is C19H21N3O3S2. The summed E-state index contributed by atoms with van der Waals surface area (Å²) in [5.74, 6) is 0.403. The van der Waals surface area contributed by atoms with Crippen molar-refractivity contribution in [2.24, 2.45) is 5.92 Å². The van der Waals surface area contributed by atoms with Gasteiger partial charge in [0.25, 0.3) is 5.91 Å². The summed E-state index contributed by atoms with van der Waals surface area (Å²) in [6.07, 6.45) is 5.65. The number of amides is 2. The van der Waals surface area contributed by atoms with E-state index in [1.165, 1.54) is 31.1 Å². The van der Waals surface area contributed by atoms with E-state index in [2.05, 4.69) is 17.2 Å². The van der Waals surface area contributed by atoms with Crippen LogP contribution in [0.15, 0.2) is 23.2 Å². The van der Waals surface area contributed by atoms with E-state index >= 15 is 0 Å². The van der Waals surface area contributed by atoms with Gasteiger partial charge in [-0.25, -0.2) is 4.98 Å². The molecule has 1 aliphatic heterocycles. The highest BCUT2D eigenvalue weighted by Crippen LogP contribution is 2.41. The molecule has 1 aliphatic carbocycles. The minimum absolute atomic E-state index is 0.00982. The van der Waals surface area contributed by atoms with Crippen LogP contribution in [0.4, 0.5) is 5.13 Å². The van der Waals surface area contributed by atoms with E-state index in [-0.39, 0.29) is 17.9 Å². The second-order valence-corrected chi connectivity index (χ2v) is 9.56. The maximum atomic E-state index is 13.0. The monoisotopic (exact) mass is 403 g/mol. The van der Waals surface area contributed by atoms with Crippen LogP contribution in [0.5, 0.6) is 0 Å². The second kappa shape index (κ2) is 6.92. The number of rotatable bonds is 5. The number of hydrogen-bond donors (Lipinski definition) is 1. The zero-order valence-electron chi connectivity index (χ0n) is 15.4. The van der Waals surface area contributed by atoms with Gasteiger partial charge in [-0.2, -0.15) is 0 Å². The Morgan fingerprint density at radius 1 is 1.44 bits per heavy atom. The Bertz CT molecular complexity index is 921. The van der Waals surface area contributed by atoms with Crippen LogP contribution in [-0.4, -0.2) is 38.5 Å². The summed E-state index contributed by atoms with van der Waals surface area (Å²) in [5.41, 5.74) is 2.39. The van der Waals surface area contributed by atoms with Crippen molar-refractivity contribution >= 4 is 39.5 Å². The van der Waals surface area contributed by atoms with Crippen molar-refractivity contribution in [3.63, 3.8) is 0 Å². The predicted molar refractivity (Wildman–Crippen MR) is 106 cm³/mol. The Hall–Kier alpha value is -1.90. The molecule has 8 heteroatoms. The van der Waals surface area contributed by atoms with Gasteiger partial charge in [0.15, 0.2) is 10.0 Å². The first-order valence-electron chi connectivity index (χ1n) is 8.90. The van der Waals surface area contributed by atoms with Crippen LogP contribution < -0.4 is 5.32 Å². The predicted octanol–water partition coefficient (Wildman–Crippen LogP) is 3.26. The zero-order chi connectivity index (χ0) is 19.3. The number of fused-ring (bicyclic) bond motifs is 1. The molecular weight excluding hydrogens is 382 g/mol. The quantitative estimate of drug-likeness (QED) is 0.777. The number of hydrogen-bond acceptors (Lipinski definition) is 5. The minimum Gasteiger partial charge on any atom is -0.612 e. The highest BCUT2D eigenvalue weighted by atomic mass is 32.2. The first kappa shape index (κ1) is 18.5. The molecule has 1 N–H and O–H groups in total. The topological polar surface area (TPSA) is 85.4 Å². The molecule has 0 bridgehead atoms. The Labute approximate surface area is 165 Å². The first-order valence-corrected chi connectivity index (χ1v) is 11.3. The number of aromatic nitrogens is 1. The summed E-state index contributed by atoms with van der Waals surface area (Å²) in [6, 6.07) is 4.03. The molecule has 0 saturated heterocycles. The Kier molecular flexibility index (Phi) is 4.73. The standard InChI is InChI=1S/C19H21N3O3S2/c1-10(12-4-5-12)22-9-14-6-13(7-16(27(3)25)17(14)18(22)24)15-8-20-19(26-15)21-11(2)23/h6-8,10,12H,4-5,9H2,1-3H3,(H,20,21,23)/t10-,27?/m0/s1. The maximum absolute atomic E-state index is 13.0. The fraction of sp³-hybridized carbons (Fsp3) is 0.421. The van der Waals surface area contributed by atoms with Crippen LogP contribution in [0.2, 0.25) is 0 Å². The van der Waals surface area contributed by atoms with Gasteiger partial charge in [0.05, 0.1) is 10.4 Å². The zero-order valence-corrected chi connectivity index (χ0v) is 17.1. The Morgan fingerprint density at radius 3 is 2.81 bits per heavy atom. The number of anilines is 1. The lowest BCUT2D eigenvalue weighted by Crippen LogP contribution is -2.35. The SMILES string of the molecule is CC(=O)Nc1ncc(-c2cc3c(c([S+](C)[O-])c2)C(=O)N([C@@H](C)C2CC2)C3)s1. The van der Waals surface area contributed by atoms with Crippen LogP contribution in [0.1, 0.15) is 42.6 Å². The summed E-state index contributed by atoms with van der Waals surface area (Å²) in [7, 11) is 0. The molecule has 1 aromatic carbocycles. The van der Waals surface area contributed by atoms with Gasteiger partial charge in [0.2, 0.25) is 5.91 Å². The van der Waals surface area contributed by atoms with E-state index in [0.29, 0.717) is 28.1 Å². The summed E-state index contributed by atoms with van der Waals surface area (Å²) in [5, 5.41) is 3.20. The molecule has 2 heterocycles. The fourth-order valence-electron chi connectivity index (χ4n) is 3.59. The van der Waals surface area contributed by atoms with Gasteiger partial charge in [0, 0.05) is 31.8 Å². The van der Waals surface area contributed by atoms with E-state index in [1.54, 1.807) is 12.5 Å². The van der Waals surface area contributed by atoms with E-state index < -0.39 is 11.2 Å². The van der Waals surface area contributed by atoms with Crippen LogP contribution >= 0.6 is 11.3 Å². The molecule has 6 nitrogen and oxygen atoms in total. The van der Waals surface area contributed by atoms with Gasteiger partial charge >= 0.3 is 0 Å². The Morgan fingerprint density at radius 2 is 2.19 bits per heavy atom. The Balaban J connectivity index is 1.72. The molecule has 27 heavy (non-hydrogen) atoms. The third-order valence-electron chi connectivity index (χ3n) is 5.18. The third kappa shape index (κ3) is 3.49. The maximum Gasteiger partial charge on any atom is 0.259 e. The molecule has 0 radical (unpaired) electrons. The largest absolute Gasteiger partial charge is 0.612 e. The molecule has 1 saturated carbocycles. The second-order valence-electron chi connectivity index (χ2n) is 7.18. The molecule has 2 atom stereocenters. The molecule has 1 aromatic heterocycles. The van der Waals surface area contributed by atoms with Crippen molar-refractivity contribution in [1.82, 2.24) is 9.88 Å². The number of nitrogens with one attached hydrogen (secondary N) is 1. The van der Waals surface area contributed by atoms with Gasteiger partial charge in [0.1, 0.15) is 6.26 Å². The van der Waals surface area contributed by atoms with Crippen molar-refractivity contribution in [2.45, 2.75) is 44.2 Å². The van der Waals surface area contributed by atoms with Crippen molar-refractivity contribution in [2.75, 3.05) is 11.6 Å². The molecule has 142 valence electrons. The molecule has 4 rings (SSSR count). The number of carbonyl (C=O) groups is 2. The van der Waals surface area contributed by atoms with Gasteiger partial charge in [-0.1, -0.05) is 11.3 Å². The van der Waals surface area contributed by atoms with Crippen LogP contribution in [0.3, 0.4) is 0 Å². The summed E-state index contributed by atoms with van der Waals surface area (Å²) >= 11 is 0.0884. The van der Waals surface area contributed by atoms with Crippen molar-refractivity contribution < 1.29 is 14.1 Å². The number of carbonyl (C=O) groups excluding carboxylic acids is 2. The summed E-state index contributed by atoms with van der Waals surface area (Å²) in [4.78, 5) is 31.8. The molecule has 2 aliphatic rings. The lowest BCUT2D eigenvalue weighted by Gasteiger charge is -2.24. The smallest absolute Gasteiger partial charge is 0.259 e. The lowest BCUT2D eigenvalue weighted by atomic mass is 10.1. The molecule has 1 unspecified atom stereocenters. The molecule has 2 aromatic rings. The van der Waals surface area contributed by atoms with E-state index in [0.717, 1.165) is 16.0 Å².